The van der Waals surface area contributed by atoms with Gasteiger partial charge in [-0.25, -0.2) is 8.78 Å². The lowest BCUT2D eigenvalue weighted by molar-refractivity contribution is 0.244. The van der Waals surface area contributed by atoms with Crippen molar-refractivity contribution < 1.29 is 8.78 Å². The number of nitrogens with zero attached hydrogens (tertiary/aromatic N) is 1. The highest BCUT2D eigenvalue weighted by Crippen LogP contribution is 2.25. The predicted octanol–water partition coefficient (Wildman–Crippen LogP) is 3.05. The molecular weight excluding hydrogens is 314 g/mol. The van der Waals surface area contributed by atoms with E-state index in [1.165, 1.54) is 25.0 Å². The first kappa shape index (κ1) is 13.5. The molecule has 2 fully saturated rings. The number of rotatable bonds is 2. The van der Waals surface area contributed by atoms with Gasteiger partial charge in [0.15, 0.2) is 0 Å². The average molecular weight is 331 g/mol. The second kappa shape index (κ2) is 5.46. The summed E-state index contributed by atoms with van der Waals surface area (Å²) in [5, 5.41) is 3.57. The fraction of sp³-hybridized carbons (Fsp3) is 0.571. The summed E-state index contributed by atoms with van der Waals surface area (Å²) in [5.74, 6) is -0.926. The third-order valence-corrected chi connectivity index (χ3v) is 4.74. The molecular formula is C14H17BrF2N2. The van der Waals surface area contributed by atoms with Crippen LogP contribution in [0.2, 0.25) is 0 Å². The molecule has 0 aliphatic carbocycles. The normalized spacial score (nSPS) is 27.5. The van der Waals surface area contributed by atoms with Gasteiger partial charge in [-0.1, -0.05) is 0 Å². The molecule has 2 atom stereocenters. The van der Waals surface area contributed by atoms with Crippen LogP contribution in [0.3, 0.4) is 0 Å². The lowest BCUT2D eigenvalue weighted by Gasteiger charge is -2.24. The van der Waals surface area contributed by atoms with Crippen LogP contribution >= 0.6 is 15.9 Å². The Balaban J connectivity index is 1.76. The molecule has 2 heterocycles. The minimum absolute atomic E-state index is 0.173. The van der Waals surface area contributed by atoms with Gasteiger partial charge in [-0.2, -0.15) is 0 Å². The summed E-state index contributed by atoms with van der Waals surface area (Å²) < 4.78 is 28.1. The summed E-state index contributed by atoms with van der Waals surface area (Å²) >= 11 is 3.12. The van der Waals surface area contributed by atoms with Crippen LogP contribution in [0.5, 0.6) is 0 Å². The third kappa shape index (κ3) is 2.83. The molecule has 2 aliphatic heterocycles. The summed E-state index contributed by atoms with van der Waals surface area (Å²) in [6.07, 6.45) is 3.47. The van der Waals surface area contributed by atoms with Gasteiger partial charge in [-0.3, -0.25) is 4.90 Å². The molecule has 3 rings (SSSR count). The number of nitrogens with one attached hydrogen (secondary N) is 1. The van der Waals surface area contributed by atoms with Crippen molar-refractivity contribution in [2.24, 2.45) is 0 Å². The number of benzene rings is 1. The number of halogens is 3. The minimum Gasteiger partial charge on any atom is -0.310 e. The van der Waals surface area contributed by atoms with E-state index in [1.54, 1.807) is 0 Å². The van der Waals surface area contributed by atoms with Gasteiger partial charge < -0.3 is 5.32 Å². The van der Waals surface area contributed by atoms with E-state index in [9.17, 15) is 8.78 Å². The van der Waals surface area contributed by atoms with E-state index >= 15 is 0 Å². The molecule has 0 aromatic heterocycles. The zero-order valence-corrected chi connectivity index (χ0v) is 12.2. The predicted molar refractivity (Wildman–Crippen MR) is 73.9 cm³/mol. The van der Waals surface area contributed by atoms with Gasteiger partial charge >= 0.3 is 0 Å². The van der Waals surface area contributed by atoms with Crippen LogP contribution < -0.4 is 5.32 Å². The third-order valence-electron chi connectivity index (χ3n) is 4.13. The van der Waals surface area contributed by atoms with Crippen molar-refractivity contribution >= 4 is 15.9 Å². The molecule has 1 N–H and O–H groups in total. The lowest BCUT2D eigenvalue weighted by atomic mass is 10.1. The average Bonchev–Trinajstić information content (AvgIpc) is 2.72. The van der Waals surface area contributed by atoms with E-state index in [0.29, 0.717) is 23.1 Å². The SMILES string of the molecule is Fc1ccc(Br)c(F)c1CN1CCC2CCC(C1)N2. The maximum Gasteiger partial charge on any atom is 0.144 e. The molecule has 0 amide bonds. The Bertz CT molecular complexity index is 481. The summed E-state index contributed by atoms with van der Waals surface area (Å²) in [6, 6.07) is 3.81. The zero-order chi connectivity index (χ0) is 13.4. The summed E-state index contributed by atoms with van der Waals surface area (Å²) in [4.78, 5) is 2.16. The van der Waals surface area contributed by atoms with Crippen LogP contribution in [0, 0.1) is 11.6 Å². The van der Waals surface area contributed by atoms with E-state index in [4.69, 9.17) is 0 Å². The molecule has 19 heavy (non-hydrogen) atoms. The van der Waals surface area contributed by atoms with E-state index in [2.05, 4.69) is 26.1 Å². The first-order valence-electron chi connectivity index (χ1n) is 6.74. The molecule has 104 valence electrons. The quantitative estimate of drug-likeness (QED) is 0.838. The number of hydrogen-bond acceptors (Lipinski definition) is 2. The van der Waals surface area contributed by atoms with E-state index < -0.39 is 11.6 Å². The van der Waals surface area contributed by atoms with Crippen LogP contribution in [-0.4, -0.2) is 30.1 Å². The molecule has 0 saturated carbocycles. The molecule has 0 radical (unpaired) electrons. The van der Waals surface area contributed by atoms with Gasteiger partial charge in [0.25, 0.3) is 0 Å². The Hall–Kier alpha value is -0.520. The van der Waals surface area contributed by atoms with Crippen LogP contribution in [0.1, 0.15) is 24.8 Å². The van der Waals surface area contributed by atoms with E-state index in [0.717, 1.165) is 19.5 Å². The highest BCUT2D eigenvalue weighted by molar-refractivity contribution is 9.10. The van der Waals surface area contributed by atoms with Gasteiger partial charge in [0, 0.05) is 37.3 Å². The highest BCUT2D eigenvalue weighted by atomic mass is 79.9. The Labute approximate surface area is 120 Å². The van der Waals surface area contributed by atoms with Crippen molar-refractivity contribution in [1.29, 1.82) is 0 Å². The Kier molecular flexibility index (Phi) is 3.87. The Morgan fingerprint density at radius 1 is 1.21 bits per heavy atom. The molecule has 1 aromatic rings. The van der Waals surface area contributed by atoms with Crippen molar-refractivity contribution in [3.63, 3.8) is 0 Å². The van der Waals surface area contributed by atoms with Gasteiger partial charge in [-0.05, 0) is 47.3 Å². The fourth-order valence-corrected chi connectivity index (χ4v) is 3.47. The number of fused-ring (bicyclic) bond motifs is 2. The molecule has 2 unspecified atom stereocenters. The summed E-state index contributed by atoms with van der Waals surface area (Å²) in [7, 11) is 0. The number of hydrogen-bond donors (Lipinski definition) is 1. The molecule has 2 bridgehead atoms. The molecule has 2 saturated heterocycles. The number of likely N-dealkylation sites (tertiary alicyclic amines) is 1. The maximum atomic E-state index is 14.0. The Morgan fingerprint density at radius 3 is 2.84 bits per heavy atom. The van der Waals surface area contributed by atoms with Gasteiger partial charge in [0.05, 0.1) is 4.47 Å². The van der Waals surface area contributed by atoms with Crippen LogP contribution in [0.25, 0.3) is 0 Å². The van der Waals surface area contributed by atoms with Crippen molar-refractivity contribution in [2.75, 3.05) is 13.1 Å². The smallest absolute Gasteiger partial charge is 0.144 e. The van der Waals surface area contributed by atoms with Crippen LogP contribution in [-0.2, 0) is 6.54 Å². The first-order valence-corrected chi connectivity index (χ1v) is 7.53. The van der Waals surface area contributed by atoms with Crippen LogP contribution in [0.15, 0.2) is 16.6 Å². The molecule has 1 aromatic carbocycles. The Morgan fingerprint density at radius 2 is 2.00 bits per heavy atom. The fourth-order valence-electron chi connectivity index (χ4n) is 3.10. The van der Waals surface area contributed by atoms with Crippen LogP contribution in [0.4, 0.5) is 8.78 Å². The molecule has 2 aliphatic rings. The monoisotopic (exact) mass is 330 g/mol. The lowest BCUT2D eigenvalue weighted by Crippen LogP contribution is -2.35. The molecule has 0 spiro atoms. The second-order valence-electron chi connectivity index (χ2n) is 5.48. The minimum atomic E-state index is -0.470. The largest absolute Gasteiger partial charge is 0.310 e. The zero-order valence-electron chi connectivity index (χ0n) is 10.6. The summed E-state index contributed by atoms with van der Waals surface area (Å²) in [5.41, 5.74) is 0.173. The van der Waals surface area contributed by atoms with Crippen molar-refractivity contribution in [2.45, 2.75) is 37.9 Å². The second-order valence-corrected chi connectivity index (χ2v) is 6.34. The van der Waals surface area contributed by atoms with Gasteiger partial charge in [0.2, 0.25) is 0 Å². The van der Waals surface area contributed by atoms with Crippen molar-refractivity contribution in [1.82, 2.24) is 10.2 Å². The van der Waals surface area contributed by atoms with Gasteiger partial charge in [-0.15, -0.1) is 0 Å². The standard InChI is InChI=1S/C14H17BrF2N2/c15-12-3-4-13(16)11(14(12)17)8-19-6-5-9-1-2-10(7-19)18-9/h3-4,9-10,18H,1-2,5-8H2. The highest BCUT2D eigenvalue weighted by Gasteiger charge is 2.29. The molecule has 2 nitrogen and oxygen atoms in total. The van der Waals surface area contributed by atoms with Crippen molar-refractivity contribution in [3.8, 4) is 0 Å². The molecule has 5 heteroatoms. The van der Waals surface area contributed by atoms with Crippen molar-refractivity contribution in [3.05, 3.63) is 33.8 Å². The first-order chi connectivity index (χ1) is 9.13. The van der Waals surface area contributed by atoms with Gasteiger partial charge in [0.1, 0.15) is 11.6 Å². The van der Waals surface area contributed by atoms with E-state index in [1.807, 2.05) is 0 Å². The summed E-state index contributed by atoms with van der Waals surface area (Å²) in [6.45, 7) is 2.13. The van der Waals surface area contributed by atoms with E-state index in [-0.39, 0.29) is 5.56 Å². The topological polar surface area (TPSA) is 15.3 Å². The maximum absolute atomic E-state index is 14.0.